The normalized spacial score (nSPS) is 19.9. The molecule has 0 bridgehead atoms. The number of rotatable bonds is 12. The second kappa shape index (κ2) is 29.2. The molecule has 4 atom stereocenters. The summed E-state index contributed by atoms with van der Waals surface area (Å²) in [6.07, 6.45) is 4.95. The Kier molecular flexibility index (Phi) is 25.3. The summed E-state index contributed by atoms with van der Waals surface area (Å²) in [5.74, 6) is -1.51. The zero-order valence-electron chi connectivity index (χ0n) is 41.0. The monoisotopic (exact) mass is 1270 g/mol. The first-order valence-electron chi connectivity index (χ1n) is 23.2. The van der Waals surface area contributed by atoms with E-state index in [0.29, 0.717) is 51.9 Å². The van der Waals surface area contributed by atoms with Gasteiger partial charge in [-0.1, -0.05) is 70.8 Å². The van der Waals surface area contributed by atoms with Gasteiger partial charge in [0, 0.05) is 50.3 Å². The number of nitrogens with one attached hydrogen (secondary N) is 4. The molecule has 4 aromatic rings. The zero-order valence-corrected chi connectivity index (χ0v) is 47.6. The molecule has 0 saturated heterocycles. The Morgan fingerprint density at radius 2 is 0.500 bits per heavy atom. The largest absolute Gasteiger partial charge is 2.00 e. The molecule has 0 aliphatic carbocycles. The van der Waals surface area contributed by atoms with Crippen LogP contribution in [-0.4, -0.2) is 108 Å². The van der Waals surface area contributed by atoms with Gasteiger partial charge in [-0.3, -0.25) is 0 Å². The first kappa shape index (κ1) is 63.9. The third-order valence-electron chi connectivity index (χ3n) is 11.4. The minimum absolute atomic E-state index is 0. The summed E-state index contributed by atoms with van der Waals surface area (Å²) in [7, 11) is -14.6. The molecule has 8 rings (SSSR count). The Balaban J connectivity index is 0.000000258. The van der Waals surface area contributed by atoms with Gasteiger partial charge in [0.05, 0.1) is 19.6 Å². The maximum absolute atomic E-state index is 12.1. The molecular weight excluding hydrogens is 1210 g/mol. The second-order valence-electron chi connectivity index (χ2n) is 17.4. The van der Waals surface area contributed by atoms with Crippen molar-refractivity contribution in [3.8, 4) is 0 Å². The van der Waals surface area contributed by atoms with Gasteiger partial charge < -0.3 is 40.4 Å². The van der Waals surface area contributed by atoms with Crippen LogP contribution in [-0.2, 0) is 79.0 Å². The van der Waals surface area contributed by atoms with Crippen molar-refractivity contribution in [2.24, 2.45) is 20.0 Å². The van der Waals surface area contributed by atoms with Crippen LogP contribution in [0.3, 0.4) is 0 Å². The maximum atomic E-state index is 12.1. The van der Waals surface area contributed by atoms with Crippen LogP contribution >= 0.6 is 0 Å². The Bertz CT molecular complexity index is 2620. The summed E-state index contributed by atoms with van der Waals surface area (Å²) in [6.45, 7) is 9.48. The minimum Gasteiger partial charge on any atom is -0.861 e. The summed E-state index contributed by atoms with van der Waals surface area (Å²) in [5.41, 5.74) is 3.94. The van der Waals surface area contributed by atoms with Gasteiger partial charge in [-0.15, -0.1) is 0 Å². The fourth-order valence-corrected chi connectivity index (χ4v) is 12.1. The average Bonchev–Trinajstić information content (AvgIpc) is 3.33. The van der Waals surface area contributed by atoms with Gasteiger partial charge in [-0.2, -0.15) is 0 Å². The number of benzene rings is 4. The Morgan fingerprint density at radius 1 is 0.338 bits per heavy atom. The molecule has 406 valence electrons. The summed E-state index contributed by atoms with van der Waals surface area (Å²) < 4.78 is 106. The third-order valence-corrected chi connectivity index (χ3v) is 17.3. The number of hydrogen-bond acceptors (Lipinski definition) is 16. The van der Waals surface area contributed by atoms with E-state index in [9.17, 15) is 54.1 Å². The minimum atomic E-state index is -3.64. The van der Waals surface area contributed by atoms with Crippen molar-refractivity contribution >= 4 is 63.7 Å². The van der Waals surface area contributed by atoms with Crippen molar-refractivity contribution in [1.29, 1.82) is 0 Å². The predicted octanol–water partition coefficient (Wildman–Crippen LogP) is 0.773. The molecule has 4 heterocycles. The van der Waals surface area contributed by atoms with Crippen molar-refractivity contribution < 1.29 is 93.1 Å². The molecule has 26 heteroatoms. The second-order valence-corrected chi connectivity index (χ2v) is 24.3. The summed E-state index contributed by atoms with van der Waals surface area (Å²) >= 11 is 0. The molecule has 4 aromatic carbocycles. The molecule has 0 spiro atoms. The first-order valence-corrected chi connectivity index (χ1v) is 29.1. The van der Waals surface area contributed by atoms with E-state index in [0.717, 1.165) is 47.9 Å². The van der Waals surface area contributed by atoms with Crippen molar-refractivity contribution in [2.45, 2.75) is 123 Å². The summed E-state index contributed by atoms with van der Waals surface area (Å²) in [4.78, 5) is 15.6. The Hall–Kier alpha value is -4.35. The van der Waals surface area contributed by atoms with Gasteiger partial charge in [0.1, 0.15) is 0 Å². The maximum Gasteiger partial charge on any atom is 2.00 e. The Labute approximate surface area is 460 Å². The molecule has 0 aromatic heterocycles. The predicted molar refractivity (Wildman–Crippen MR) is 267 cm³/mol. The smallest absolute Gasteiger partial charge is 0.861 e. The third kappa shape index (κ3) is 19.7. The zero-order chi connectivity index (χ0) is 52.7. The Morgan fingerprint density at radius 3 is 0.649 bits per heavy atom. The molecule has 0 fully saturated rings. The molecule has 20 nitrogen and oxygen atoms in total. The quantitative estimate of drug-likeness (QED) is 0.143. The van der Waals surface area contributed by atoms with Gasteiger partial charge >= 0.3 is 39.0 Å². The van der Waals surface area contributed by atoms with Crippen molar-refractivity contribution in [2.75, 3.05) is 26.2 Å². The molecule has 74 heavy (non-hydrogen) atoms. The van der Waals surface area contributed by atoms with Crippen LogP contribution in [0.2, 0.25) is 0 Å². The van der Waals surface area contributed by atoms with E-state index >= 15 is 0 Å². The van der Waals surface area contributed by atoms with Crippen LogP contribution < -0.4 is 39.3 Å². The molecule has 4 aliphatic heterocycles. The van der Waals surface area contributed by atoms with Gasteiger partial charge in [0.25, 0.3) is 0 Å². The van der Waals surface area contributed by atoms with Gasteiger partial charge in [-0.05, 0) is 151 Å². The number of sulfonamides is 4. The van der Waals surface area contributed by atoms with E-state index in [4.69, 9.17) is 0 Å². The SMILES string of the molecule is Cc1ccc(S(=O)(=O)N[C@@H]2CCCN=C2[O-])cc1.Cc1ccc(S(=O)(=O)N[C@@H]2CCCN=C2[O-])cc1.Cc1ccc(S(=O)(=O)N[C@@H]2CCCN=C2[O-])cc1.Cc1ccc(S(=O)(=O)N[C@@H]2CCCN=C2[O-])cc1.[Rh+2].[Rh+2]. The van der Waals surface area contributed by atoms with E-state index in [-0.39, 0.29) is 82.1 Å². The van der Waals surface area contributed by atoms with Crippen LogP contribution in [0.1, 0.15) is 73.6 Å². The van der Waals surface area contributed by atoms with E-state index < -0.39 is 64.3 Å². The van der Waals surface area contributed by atoms with Gasteiger partial charge in [0.2, 0.25) is 40.1 Å². The van der Waals surface area contributed by atoms with Gasteiger partial charge in [-0.25, -0.2) is 52.6 Å². The first-order chi connectivity index (χ1) is 34.0. The van der Waals surface area contributed by atoms with Gasteiger partial charge in [0.15, 0.2) is 0 Å². The molecule has 0 saturated carbocycles. The standard InChI is InChI=1S/4C12H16N2O3S.2Rh/c4*1-9-4-6-10(7-5-9)18(16,17)14-11-3-2-8-13-12(11)15;;/h4*4-7,11,14H,2-3,8H2,1H3,(H,13,15);;/q;;;;2*+2/p-4/t4*11-;;/m1111../s1. The van der Waals surface area contributed by atoms with Crippen molar-refractivity contribution in [3.05, 3.63) is 119 Å². The summed E-state index contributed by atoms with van der Waals surface area (Å²) in [6, 6.07) is 23.2. The average molecular weight is 1280 g/mol. The number of nitrogens with zero attached hydrogens (tertiary/aromatic N) is 4. The van der Waals surface area contributed by atoms with Crippen LogP contribution in [0.15, 0.2) is 137 Å². The van der Waals surface area contributed by atoms with Crippen molar-refractivity contribution in [1.82, 2.24) is 18.9 Å². The van der Waals surface area contributed by atoms with Crippen molar-refractivity contribution in [3.63, 3.8) is 0 Å². The number of aryl methyl sites for hydroxylation is 4. The van der Waals surface area contributed by atoms with E-state index in [1.54, 1.807) is 48.5 Å². The van der Waals surface area contributed by atoms with Crippen LogP contribution in [0.25, 0.3) is 0 Å². The molecule has 2 radical (unpaired) electrons. The molecule has 4 N–H and O–H groups in total. The topological polar surface area (TPSA) is 326 Å². The molecule has 0 amide bonds. The van der Waals surface area contributed by atoms with E-state index in [2.05, 4.69) is 38.9 Å². The van der Waals surface area contributed by atoms with Crippen LogP contribution in [0.4, 0.5) is 0 Å². The fraction of sp³-hybridized carbons (Fsp3) is 0.417. The number of aliphatic imine (C=N–C) groups is 4. The molecule has 4 aliphatic rings. The fourth-order valence-electron chi connectivity index (χ4n) is 7.20. The molecular formula is C48H60N8O12Rh2S4. The molecule has 0 unspecified atom stereocenters. The number of hydrogen-bond donors (Lipinski definition) is 4. The van der Waals surface area contributed by atoms with E-state index in [1.807, 2.05) is 27.7 Å². The van der Waals surface area contributed by atoms with E-state index in [1.165, 1.54) is 48.5 Å². The van der Waals surface area contributed by atoms with Crippen LogP contribution in [0, 0.1) is 27.7 Å². The summed E-state index contributed by atoms with van der Waals surface area (Å²) in [5, 5.41) is 45.9. The van der Waals surface area contributed by atoms with Crippen LogP contribution in [0.5, 0.6) is 0 Å².